The van der Waals surface area contributed by atoms with Gasteiger partial charge in [0.1, 0.15) is 0 Å². The van der Waals surface area contributed by atoms with E-state index in [-0.39, 0.29) is 17.9 Å². The van der Waals surface area contributed by atoms with E-state index in [0.29, 0.717) is 26.1 Å². The van der Waals surface area contributed by atoms with Crippen LogP contribution >= 0.6 is 0 Å². The van der Waals surface area contributed by atoms with Crippen LogP contribution in [0.3, 0.4) is 0 Å². The summed E-state index contributed by atoms with van der Waals surface area (Å²) in [6, 6.07) is 0. The van der Waals surface area contributed by atoms with Gasteiger partial charge in [-0.1, -0.05) is 18.2 Å². The van der Waals surface area contributed by atoms with E-state index in [4.69, 9.17) is 9.47 Å². The average molecular weight is 282 g/mol. The molecule has 0 amide bonds. The largest absolute Gasteiger partial charge is 0.389 e. The van der Waals surface area contributed by atoms with Crippen molar-refractivity contribution in [2.24, 2.45) is 11.8 Å². The van der Waals surface area contributed by atoms with Crippen LogP contribution in [0.25, 0.3) is 0 Å². The molecule has 2 rings (SSSR count). The predicted molar refractivity (Wildman–Crippen MR) is 77.4 cm³/mol. The van der Waals surface area contributed by atoms with Crippen molar-refractivity contribution in [1.82, 2.24) is 0 Å². The molecule has 2 N–H and O–H groups in total. The van der Waals surface area contributed by atoms with Crippen molar-refractivity contribution in [2.45, 2.75) is 44.5 Å². The van der Waals surface area contributed by atoms with Gasteiger partial charge in [0.25, 0.3) is 0 Å². The number of fused-ring (bicyclic) bond motifs is 1. The molecule has 114 valence electrons. The fourth-order valence-corrected chi connectivity index (χ4v) is 3.29. The Hall–Kier alpha value is -0.680. The van der Waals surface area contributed by atoms with Crippen LogP contribution in [0.4, 0.5) is 0 Å². The van der Waals surface area contributed by atoms with E-state index in [1.807, 2.05) is 13.0 Å². The number of allylic oxidation sites excluding steroid dienone is 1. The molecular formula is C16H26O4. The molecule has 4 nitrogen and oxygen atoms in total. The molecule has 1 saturated heterocycles. The predicted octanol–water partition coefficient (Wildman–Crippen LogP) is 1.67. The standard InChI is InChI=1S/C16H26O4/c1-10-4-5-13(17)11(2)7-15-16(14(18)6-10)12(8-19-3)9-20-15/h6,12-18H,2,4-5,7-9H2,1,3H3/t12-,13-,14+,15-,16-/m0/s1. The Bertz CT molecular complexity index is 377. The monoisotopic (exact) mass is 282 g/mol. The Morgan fingerprint density at radius 1 is 1.45 bits per heavy atom. The minimum Gasteiger partial charge on any atom is -0.389 e. The highest BCUT2D eigenvalue weighted by Gasteiger charge is 2.41. The average Bonchev–Trinajstić information content (AvgIpc) is 2.78. The molecule has 1 aliphatic heterocycles. The first kappa shape index (κ1) is 15.7. The van der Waals surface area contributed by atoms with E-state index in [0.717, 1.165) is 17.6 Å². The molecule has 5 atom stereocenters. The van der Waals surface area contributed by atoms with Gasteiger partial charge in [-0.3, -0.25) is 0 Å². The van der Waals surface area contributed by atoms with Crippen LogP contribution in [-0.4, -0.2) is 48.8 Å². The molecule has 0 radical (unpaired) electrons. The van der Waals surface area contributed by atoms with Crippen molar-refractivity contribution in [3.05, 3.63) is 23.8 Å². The molecule has 0 unspecified atom stereocenters. The maximum absolute atomic E-state index is 10.5. The van der Waals surface area contributed by atoms with Crippen molar-refractivity contribution in [2.75, 3.05) is 20.3 Å². The third kappa shape index (κ3) is 3.50. The molecular weight excluding hydrogens is 256 g/mol. The molecule has 4 heteroatoms. The van der Waals surface area contributed by atoms with Gasteiger partial charge in [-0.2, -0.15) is 0 Å². The van der Waals surface area contributed by atoms with Crippen molar-refractivity contribution >= 4 is 0 Å². The summed E-state index contributed by atoms with van der Waals surface area (Å²) >= 11 is 0. The molecule has 0 aromatic rings. The van der Waals surface area contributed by atoms with E-state index in [1.54, 1.807) is 7.11 Å². The summed E-state index contributed by atoms with van der Waals surface area (Å²) in [4.78, 5) is 0. The summed E-state index contributed by atoms with van der Waals surface area (Å²) in [5.74, 6) is 0.195. The van der Waals surface area contributed by atoms with Crippen LogP contribution in [-0.2, 0) is 9.47 Å². The van der Waals surface area contributed by atoms with E-state index in [1.165, 1.54) is 0 Å². The fourth-order valence-electron chi connectivity index (χ4n) is 3.29. The zero-order chi connectivity index (χ0) is 14.7. The lowest BCUT2D eigenvalue weighted by atomic mass is 9.81. The normalized spacial score (nSPS) is 39.3. The minimum atomic E-state index is -0.523. The van der Waals surface area contributed by atoms with Crippen molar-refractivity contribution in [3.63, 3.8) is 0 Å². The summed E-state index contributed by atoms with van der Waals surface area (Å²) < 4.78 is 11.1. The smallest absolute Gasteiger partial charge is 0.0780 e. The lowest BCUT2D eigenvalue weighted by Gasteiger charge is -2.29. The highest BCUT2D eigenvalue weighted by atomic mass is 16.5. The van der Waals surface area contributed by atoms with Crippen LogP contribution in [0.2, 0.25) is 0 Å². The molecule has 1 aliphatic carbocycles. The van der Waals surface area contributed by atoms with Crippen molar-refractivity contribution < 1.29 is 19.7 Å². The summed E-state index contributed by atoms with van der Waals surface area (Å²) in [5, 5.41) is 20.6. The fraction of sp³-hybridized carbons (Fsp3) is 0.750. The van der Waals surface area contributed by atoms with E-state index >= 15 is 0 Å². The van der Waals surface area contributed by atoms with Gasteiger partial charge in [-0.15, -0.1) is 0 Å². The number of rotatable bonds is 2. The van der Waals surface area contributed by atoms with Gasteiger partial charge >= 0.3 is 0 Å². The van der Waals surface area contributed by atoms with E-state index in [9.17, 15) is 10.2 Å². The Labute approximate surface area is 121 Å². The number of hydrogen-bond donors (Lipinski definition) is 2. The van der Waals surface area contributed by atoms with E-state index in [2.05, 4.69) is 6.58 Å². The van der Waals surface area contributed by atoms with Crippen LogP contribution < -0.4 is 0 Å². The van der Waals surface area contributed by atoms with Crippen LogP contribution in [0.1, 0.15) is 26.2 Å². The molecule has 2 aliphatic rings. The first-order valence-electron chi connectivity index (χ1n) is 7.34. The first-order chi connectivity index (χ1) is 9.52. The third-order valence-electron chi connectivity index (χ3n) is 4.48. The molecule has 0 spiro atoms. The second kappa shape index (κ2) is 6.85. The summed E-state index contributed by atoms with van der Waals surface area (Å²) in [5.41, 5.74) is 1.91. The topological polar surface area (TPSA) is 58.9 Å². The van der Waals surface area contributed by atoms with Gasteiger partial charge in [-0.05, 0) is 31.8 Å². The summed E-state index contributed by atoms with van der Waals surface area (Å²) in [6.07, 6.45) is 2.86. The number of hydrogen-bond acceptors (Lipinski definition) is 4. The lowest BCUT2D eigenvalue weighted by molar-refractivity contribution is 0.0400. The number of ether oxygens (including phenoxy) is 2. The molecule has 1 fully saturated rings. The van der Waals surface area contributed by atoms with Gasteiger partial charge in [-0.25, -0.2) is 0 Å². The highest BCUT2D eigenvalue weighted by Crippen LogP contribution is 2.36. The summed E-state index contributed by atoms with van der Waals surface area (Å²) in [6.45, 7) is 7.16. The number of aliphatic hydroxyl groups is 2. The SMILES string of the molecule is C=C1C[C@@H]2OC[C@H](COC)[C@H]2[C@H](O)C=C(C)CC[C@@H]1O. The Morgan fingerprint density at radius 3 is 2.90 bits per heavy atom. The van der Waals surface area contributed by atoms with Gasteiger partial charge in [0.15, 0.2) is 0 Å². The first-order valence-corrected chi connectivity index (χ1v) is 7.34. The molecule has 1 heterocycles. The Morgan fingerprint density at radius 2 is 2.20 bits per heavy atom. The third-order valence-corrected chi connectivity index (χ3v) is 4.48. The quantitative estimate of drug-likeness (QED) is 0.757. The van der Waals surface area contributed by atoms with Gasteiger partial charge < -0.3 is 19.7 Å². The number of aliphatic hydroxyl groups excluding tert-OH is 2. The maximum Gasteiger partial charge on any atom is 0.0780 e. The highest BCUT2D eigenvalue weighted by molar-refractivity contribution is 5.13. The van der Waals surface area contributed by atoms with Crippen LogP contribution in [0.5, 0.6) is 0 Å². The van der Waals surface area contributed by atoms with Gasteiger partial charge in [0, 0.05) is 18.9 Å². The maximum atomic E-state index is 10.5. The Kier molecular flexibility index (Phi) is 5.38. The molecule has 20 heavy (non-hydrogen) atoms. The Balaban J connectivity index is 2.23. The zero-order valence-corrected chi connectivity index (χ0v) is 12.4. The van der Waals surface area contributed by atoms with Crippen molar-refractivity contribution in [1.29, 1.82) is 0 Å². The number of methoxy groups -OCH3 is 1. The van der Waals surface area contributed by atoms with Gasteiger partial charge in [0.2, 0.25) is 0 Å². The zero-order valence-electron chi connectivity index (χ0n) is 12.4. The molecule has 0 aromatic heterocycles. The molecule has 0 saturated carbocycles. The molecule has 0 aromatic carbocycles. The lowest BCUT2D eigenvalue weighted by Crippen LogP contribution is -2.35. The summed E-state index contributed by atoms with van der Waals surface area (Å²) in [7, 11) is 1.67. The van der Waals surface area contributed by atoms with Crippen LogP contribution in [0.15, 0.2) is 23.8 Å². The van der Waals surface area contributed by atoms with Crippen LogP contribution in [0, 0.1) is 11.8 Å². The van der Waals surface area contributed by atoms with Crippen molar-refractivity contribution in [3.8, 4) is 0 Å². The molecule has 0 bridgehead atoms. The second-order valence-corrected chi connectivity index (χ2v) is 6.09. The van der Waals surface area contributed by atoms with Gasteiger partial charge in [0.05, 0.1) is 31.5 Å². The van der Waals surface area contributed by atoms with E-state index < -0.39 is 12.2 Å². The minimum absolute atomic E-state index is 0.00644. The second-order valence-electron chi connectivity index (χ2n) is 6.09.